The molecule has 1 heterocycles. The van der Waals surface area contributed by atoms with Gasteiger partial charge in [-0.1, -0.05) is 11.6 Å². The summed E-state index contributed by atoms with van der Waals surface area (Å²) in [6.45, 7) is 9.17. The van der Waals surface area contributed by atoms with E-state index in [4.69, 9.17) is 16.3 Å². The average molecular weight is 410 g/mol. The van der Waals surface area contributed by atoms with Crippen LogP contribution < -0.4 is 5.32 Å². The highest BCUT2D eigenvalue weighted by molar-refractivity contribution is 6.31. The Labute approximate surface area is 172 Å². The van der Waals surface area contributed by atoms with Crippen molar-refractivity contribution in [1.29, 1.82) is 0 Å². The highest BCUT2D eigenvalue weighted by Crippen LogP contribution is 2.37. The predicted octanol–water partition coefficient (Wildman–Crippen LogP) is 5.17. The summed E-state index contributed by atoms with van der Waals surface area (Å²) in [7, 11) is 0. The summed E-state index contributed by atoms with van der Waals surface area (Å²) in [5.74, 6) is 0. The van der Waals surface area contributed by atoms with Crippen molar-refractivity contribution in [3.05, 3.63) is 32.8 Å². The van der Waals surface area contributed by atoms with Crippen LogP contribution in [0.1, 0.15) is 57.9 Å². The van der Waals surface area contributed by atoms with Gasteiger partial charge in [-0.2, -0.15) is 0 Å². The molecule has 3 rings (SSSR count). The van der Waals surface area contributed by atoms with Crippen LogP contribution in [0.4, 0.5) is 11.4 Å². The molecule has 7 heteroatoms. The van der Waals surface area contributed by atoms with Gasteiger partial charge in [0.1, 0.15) is 5.69 Å². The SMILES string of the molecule is CCOC1CCC(C)(N2CCC(Nc3cc(C)c(Cl)cc3[N+](=O)[O-])CC2)CC1. The van der Waals surface area contributed by atoms with Gasteiger partial charge in [0.05, 0.1) is 16.0 Å². The van der Waals surface area contributed by atoms with Crippen molar-refractivity contribution < 1.29 is 9.66 Å². The molecule has 1 aromatic rings. The molecule has 1 aliphatic heterocycles. The minimum atomic E-state index is -0.360. The lowest BCUT2D eigenvalue weighted by atomic mass is 9.79. The zero-order valence-electron chi connectivity index (χ0n) is 17.2. The number of piperidine rings is 1. The molecule has 2 fully saturated rings. The molecule has 0 amide bonds. The van der Waals surface area contributed by atoms with Crippen molar-refractivity contribution in [1.82, 2.24) is 4.90 Å². The van der Waals surface area contributed by atoms with E-state index >= 15 is 0 Å². The molecule has 1 saturated heterocycles. The molecule has 0 radical (unpaired) electrons. The second-order valence-electron chi connectivity index (χ2n) is 8.43. The molecule has 1 aliphatic carbocycles. The molecule has 0 spiro atoms. The molecule has 2 aliphatic rings. The first-order valence-electron chi connectivity index (χ1n) is 10.4. The van der Waals surface area contributed by atoms with E-state index in [0.29, 0.717) is 16.8 Å². The maximum absolute atomic E-state index is 11.4. The van der Waals surface area contributed by atoms with Crippen LogP contribution >= 0.6 is 11.6 Å². The smallest absolute Gasteiger partial charge is 0.293 e. The fraction of sp³-hybridized carbons (Fsp3) is 0.714. The van der Waals surface area contributed by atoms with Gasteiger partial charge in [-0.05, 0) is 70.9 Å². The van der Waals surface area contributed by atoms with Gasteiger partial charge in [0.15, 0.2) is 0 Å². The molecule has 0 bridgehead atoms. The van der Waals surface area contributed by atoms with Crippen LogP contribution in [0, 0.1) is 17.0 Å². The summed E-state index contributed by atoms with van der Waals surface area (Å²) in [6, 6.07) is 3.49. The van der Waals surface area contributed by atoms with E-state index in [1.165, 1.54) is 18.9 Å². The van der Waals surface area contributed by atoms with Gasteiger partial charge in [-0.15, -0.1) is 0 Å². The van der Waals surface area contributed by atoms with Gasteiger partial charge in [-0.3, -0.25) is 15.0 Å². The molecular weight excluding hydrogens is 378 g/mol. The number of hydrogen-bond donors (Lipinski definition) is 1. The summed E-state index contributed by atoms with van der Waals surface area (Å²) in [5, 5.41) is 15.2. The van der Waals surface area contributed by atoms with Crippen molar-refractivity contribution in [3.63, 3.8) is 0 Å². The standard InChI is InChI=1S/C21H32ClN3O3/c1-4-28-17-5-9-21(3,10-6-17)24-11-7-16(8-12-24)23-19-13-15(2)18(22)14-20(19)25(26)27/h13-14,16-17,23H,4-12H2,1-3H3. The normalized spacial score (nSPS) is 26.9. The summed E-state index contributed by atoms with van der Waals surface area (Å²) in [4.78, 5) is 13.6. The van der Waals surface area contributed by atoms with Crippen LogP contribution in [-0.2, 0) is 4.74 Å². The second-order valence-corrected chi connectivity index (χ2v) is 8.84. The number of benzene rings is 1. The monoisotopic (exact) mass is 409 g/mol. The van der Waals surface area contributed by atoms with E-state index < -0.39 is 0 Å². The number of rotatable bonds is 6. The zero-order chi connectivity index (χ0) is 20.3. The lowest BCUT2D eigenvalue weighted by Crippen LogP contribution is -2.53. The van der Waals surface area contributed by atoms with E-state index in [2.05, 4.69) is 24.1 Å². The quantitative estimate of drug-likeness (QED) is 0.518. The summed E-state index contributed by atoms with van der Waals surface area (Å²) >= 11 is 6.08. The maximum Gasteiger partial charge on any atom is 0.293 e. The van der Waals surface area contributed by atoms with E-state index in [0.717, 1.165) is 50.9 Å². The lowest BCUT2D eigenvalue weighted by molar-refractivity contribution is -0.384. The number of nitro benzene ring substituents is 1. The average Bonchev–Trinajstić information content (AvgIpc) is 2.67. The zero-order valence-corrected chi connectivity index (χ0v) is 17.9. The summed E-state index contributed by atoms with van der Waals surface area (Å²) < 4.78 is 5.80. The largest absolute Gasteiger partial charge is 0.379 e. The predicted molar refractivity (Wildman–Crippen MR) is 113 cm³/mol. The Balaban J connectivity index is 1.58. The van der Waals surface area contributed by atoms with Crippen molar-refractivity contribution in [2.45, 2.75) is 77.0 Å². The number of anilines is 1. The molecule has 1 saturated carbocycles. The van der Waals surface area contributed by atoms with Crippen LogP contribution in [0.15, 0.2) is 12.1 Å². The highest BCUT2D eigenvalue weighted by atomic mass is 35.5. The third-order valence-electron chi connectivity index (χ3n) is 6.50. The molecule has 156 valence electrons. The number of aryl methyl sites for hydroxylation is 1. The van der Waals surface area contributed by atoms with Gasteiger partial charge in [-0.25, -0.2) is 0 Å². The Morgan fingerprint density at radius 3 is 2.50 bits per heavy atom. The highest BCUT2D eigenvalue weighted by Gasteiger charge is 2.38. The summed E-state index contributed by atoms with van der Waals surface area (Å²) in [6.07, 6.45) is 7.03. The first-order valence-corrected chi connectivity index (χ1v) is 10.8. The minimum absolute atomic E-state index is 0.0548. The van der Waals surface area contributed by atoms with Gasteiger partial charge in [0, 0.05) is 37.3 Å². The van der Waals surface area contributed by atoms with Crippen LogP contribution in [0.25, 0.3) is 0 Å². The first kappa shape index (κ1) is 21.3. The molecule has 0 aromatic heterocycles. The third-order valence-corrected chi connectivity index (χ3v) is 6.91. The number of nitrogens with one attached hydrogen (secondary N) is 1. The molecule has 6 nitrogen and oxygen atoms in total. The van der Waals surface area contributed by atoms with Crippen LogP contribution in [0.3, 0.4) is 0 Å². The molecule has 28 heavy (non-hydrogen) atoms. The fourth-order valence-corrected chi connectivity index (χ4v) is 4.81. The molecule has 0 unspecified atom stereocenters. The second kappa shape index (κ2) is 8.97. The Bertz CT molecular complexity index is 696. The number of halogens is 1. The van der Waals surface area contributed by atoms with E-state index in [1.807, 2.05) is 6.92 Å². The van der Waals surface area contributed by atoms with Gasteiger partial charge in [0.2, 0.25) is 0 Å². The van der Waals surface area contributed by atoms with Crippen molar-refractivity contribution in [2.75, 3.05) is 25.0 Å². The Morgan fingerprint density at radius 2 is 1.93 bits per heavy atom. The van der Waals surface area contributed by atoms with Crippen LogP contribution in [0.5, 0.6) is 0 Å². The number of hydrogen-bond acceptors (Lipinski definition) is 5. The van der Waals surface area contributed by atoms with Crippen molar-refractivity contribution in [2.24, 2.45) is 0 Å². The van der Waals surface area contributed by atoms with E-state index in [-0.39, 0.29) is 22.2 Å². The molecule has 1 N–H and O–H groups in total. The number of nitrogens with zero attached hydrogens (tertiary/aromatic N) is 2. The maximum atomic E-state index is 11.4. The van der Waals surface area contributed by atoms with Gasteiger partial charge < -0.3 is 10.1 Å². The first-order chi connectivity index (χ1) is 13.3. The van der Waals surface area contributed by atoms with Gasteiger partial charge >= 0.3 is 0 Å². The molecule has 1 aromatic carbocycles. The van der Waals surface area contributed by atoms with Crippen molar-refractivity contribution in [3.8, 4) is 0 Å². The van der Waals surface area contributed by atoms with E-state index in [9.17, 15) is 10.1 Å². The molecule has 0 atom stereocenters. The van der Waals surface area contributed by atoms with E-state index in [1.54, 1.807) is 6.07 Å². The Hall–Kier alpha value is -1.37. The van der Waals surface area contributed by atoms with Crippen LogP contribution in [0.2, 0.25) is 5.02 Å². The summed E-state index contributed by atoms with van der Waals surface area (Å²) in [5.41, 5.74) is 1.74. The Morgan fingerprint density at radius 1 is 1.29 bits per heavy atom. The minimum Gasteiger partial charge on any atom is -0.379 e. The van der Waals surface area contributed by atoms with Crippen LogP contribution in [-0.4, -0.2) is 47.2 Å². The van der Waals surface area contributed by atoms with Crippen molar-refractivity contribution >= 4 is 23.0 Å². The lowest BCUT2D eigenvalue weighted by Gasteiger charge is -2.48. The van der Waals surface area contributed by atoms with Gasteiger partial charge in [0.25, 0.3) is 5.69 Å². The Kier molecular flexibility index (Phi) is 6.84. The fourth-order valence-electron chi connectivity index (χ4n) is 4.65. The number of ether oxygens (including phenoxy) is 1. The third kappa shape index (κ3) is 4.78. The number of likely N-dealkylation sites (tertiary alicyclic amines) is 1. The number of nitro groups is 1. The topological polar surface area (TPSA) is 67.6 Å². The molecular formula is C21H32ClN3O3.